The first kappa shape index (κ1) is 13.3. The topological polar surface area (TPSA) is 75.9 Å². The molecule has 0 radical (unpaired) electrons. The van der Waals surface area contributed by atoms with E-state index in [0.717, 1.165) is 23.7 Å². The summed E-state index contributed by atoms with van der Waals surface area (Å²) < 4.78 is 0. The van der Waals surface area contributed by atoms with Gasteiger partial charge in [0.2, 0.25) is 0 Å². The molecule has 0 amide bonds. The Morgan fingerprint density at radius 1 is 1.16 bits per heavy atom. The third-order valence-corrected chi connectivity index (χ3v) is 2.71. The van der Waals surface area contributed by atoms with Gasteiger partial charge in [-0.05, 0) is 32.0 Å². The van der Waals surface area contributed by atoms with Gasteiger partial charge < -0.3 is 16.4 Å². The standard InChI is InChI=1S/C14H19N5/c1-11(7-8-15)18-13-9-14(17-10-16-13)19-12-5-3-2-4-6-12/h2-6,9-11H,7-8,15H2,1H3,(H2,16,17,18,19). The molecule has 0 spiro atoms. The van der Waals surface area contributed by atoms with Crippen LogP contribution in [0.3, 0.4) is 0 Å². The van der Waals surface area contributed by atoms with Crippen molar-refractivity contribution in [3.05, 3.63) is 42.7 Å². The van der Waals surface area contributed by atoms with E-state index >= 15 is 0 Å². The Labute approximate surface area is 113 Å². The maximum absolute atomic E-state index is 5.53. The molecule has 19 heavy (non-hydrogen) atoms. The van der Waals surface area contributed by atoms with Gasteiger partial charge in [0.25, 0.3) is 0 Å². The third-order valence-electron chi connectivity index (χ3n) is 2.71. The Morgan fingerprint density at radius 2 is 1.89 bits per heavy atom. The Morgan fingerprint density at radius 3 is 2.63 bits per heavy atom. The van der Waals surface area contributed by atoms with E-state index in [1.807, 2.05) is 36.4 Å². The molecule has 1 heterocycles. The van der Waals surface area contributed by atoms with Crippen LogP contribution in [0.5, 0.6) is 0 Å². The second-order valence-electron chi connectivity index (χ2n) is 4.40. The molecule has 1 aromatic heterocycles. The van der Waals surface area contributed by atoms with Crippen molar-refractivity contribution in [2.24, 2.45) is 5.73 Å². The Bertz CT molecular complexity index is 500. The Balaban J connectivity index is 2.03. The van der Waals surface area contributed by atoms with Gasteiger partial charge >= 0.3 is 0 Å². The molecule has 0 fully saturated rings. The van der Waals surface area contributed by atoms with Gasteiger partial charge in [-0.25, -0.2) is 9.97 Å². The Hall–Kier alpha value is -2.14. The fourth-order valence-electron chi connectivity index (χ4n) is 1.75. The van der Waals surface area contributed by atoms with Crippen molar-refractivity contribution >= 4 is 17.3 Å². The number of benzene rings is 1. The number of rotatable bonds is 6. The molecule has 2 aromatic rings. The van der Waals surface area contributed by atoms with E-state index < -0.39 is 0 Å². The highest BCUT2D eigenvalue weighted by Crippen LogP contribution is 2.16. The number of aromatic nitrogens is 2. The summed E-state index contributed by atoms with van der Waals surface area (Å²) in [6, 6.07) is 12.1. The number of nitrogens with two attached hydrogens (primary N) is 1. The summed E-state index contributed by atoms with van der Waals surface area (Å²) in [7, 11) is 0. The first-order chi connectivity index (χ1) is 9.28. The summed E-state index contributed by atoms with van der Waals surface area (Å²) in [6.45, 7) is 2.74. The third kappa shape index (κ3) is 4.22. The van der Waals surface area contributed by atoms with E-state index in [-0.39, 0.29) is 0 Å². The van der Waals surface area contributed by atoms with Crippen LogP contribution in [0.15, 0.2) is 42.7 Å². The molecule has 2 rings (SSSR count). The van der Waals surface area contributed by atoms with Crippen molar-refractivity contribution in [3.8, 4) is 0 Å². The molecule has 0 aliphatic heterocycles. The molecular formula is C14H19N5. The predicted octanol–water partition coefficient (Wildman–Crippen LogP) is 2.37. The SMILES string of the molecule is CC(CCN)Nc1cc(Nc2ccccc2)ncn1. The molecule has 0 saturated heterocycles. The average Bonchev–Trinajstić information content (AvgIpc) is 2.40. The van der Waals surface area contributed by atoms with Crippen LogP contribution in [0.2, 0.25) is 0 Å². The average molecular weight is 257 g/mol. The second-order valence-corrected chi connectivity index (χ2v) is 4.40. The zero-order chi connectivity index (χ0) is 13.5. The first-order valence-corrected chi connectivity index (χ1v) is 6.38. The lowest BCUT2D eigenvalue weighted by atomic mass is 10.2. The van der Waals surface area contributed by atoms with Crippen LogP contribution >= 0.6 is 0 Å². The fourth-order valence-corrected chi connectivity index (χ4v) is 1.75. The van der Waals surface area contributed by atoms with E-state index in [9.17, 15) is 0 Å². The molecule has 5 nitrogen and oxygen atoms in total. The van der Waals surface area contributed by atoms with E-state index in [1.165, 1.54) is 0 Å². The number of hydrogen-bond donors (Lipinski definition) is 3. The van der Waals surface area contributed by atoms with Crippen LogP contribution in [0.25, 0.3) is 0 Å². The number of para-hydroxylation sites is 1. The number of nitrogens with zero attached hydrogens (tertiary/aromatic N) is 2. The molecule has 0 bridgehead atoms. The minimum atomic E-state index is 0.296. The highest BCUT2D eigenvalue weighted by atomic mass is 15.1. The van der Waals surface area contributed by atoms with Crippen molar-refractivity contribution in [2.45, 2.75) is 19.4 Å². The Kier molecular flexibility index (Phi) is 4.69. The van der Waals surface area contributed by atoms with Crippen LogP contribution in [-0.4, -0.2) is 22.6 Å². The summed E-state index contributed by atoms with van der Waals surface area (Å²) in [5, 5.41) is 6.53. The van der Waals surface area contributed by atoms with Crippen molar-refractivity contribution in [1.82, 2.24) is 9.97 Å². The number of hydrogen-bond acceptors (Lipinski definition) is 5. The van der Waals surface area contributed by atoms with E-state index in [2.05, 4.69) is 27.5 Å². The zero-order valence-corrected chi connectivity index (χ0v) is 11.0. The van der Waals surface area contributed by atoms with Gasteiger partial charge in [0.05, 0.1) is 0 Å². The van der Waals surface area contributed by atoms with Crippen molar-refractivity contribution in [2.75, 3.05) is 17.2 Å². The van der Waals surface area contributed by atoms with Gasteiger partial charge in [-0.15, -0.1) is 0 Å². The van der Waals surface area contributed by atoms with Crippen molar-refractivity contribution in [1.29, 1.82) is 0 Å². The van der Waals surface area contributed by atoms with Crippen LogP contribution in [0, 0.1) is 0 Å². The summed E-state index contributed by atoms with van der Waals surface area (Å²) in [5.41, 5.74) is 6.53. The van der Waals surface area contributed by atoms with Crippen LogP contribution < -0.4 is 16.4 Å². The summed E-state index contributed by atoms with van der Waals surface area (Å²) in [5.74, 6) is 1.57. The molecule has 1 aromatic carbocycles. The van der Waals surface area contributed by atoms with Crippen molar-refractivity contribution < 1.29 is 0 Å². The predicted molar refractivity (Wildman–Crippen MR) is 78.5 cm³/mol. The monoisotopic (exact) mass is 257 g/mol. The molecule has 100 valence electrons. The van der Waals surface area contributed by atoms with Gasteiger partial charge in [-0.2, -0.15) is 0 Å². The van der Waals surface area contributed by atoms with Crippen LogP contribution in [0.1, 0.15) is 13.3 Å². The highest BCUT2D eigenvalue weighted by Gasteiger charge is 2.03. The smallest absolute Gasteiger partial charge is 0.135 e. The molecule has 0 saturated carbocycles. The molecule has 0 aliphatic rings. The van der Waals surface area contributed by atoms with Crippen LogP contribution in [0.4, 0.5) is 17.3 Å². The van der Waals surface area contributed by atoms with Gasteiger partial charge in [-0.3, -0.25) is 0 Å². The summed E-state index contributed by atoms with van der Waals surface area (Å²) in [6.07, 6.45) is 2.45. The minimum absolute atomic E-state index is 0.296. The van der Waals surface area contributed by atoms with Gasteiger partial charge in [0.15, 0.2) is 0 Å². The lowest BCUT2D eigenvalue weighted by Crippen LogP contribution is -2.20. The van der Waals surface area contributed by atoms with Gasteiger partial charge in [0, 0.05) is 17.8 Å². The van der Waals surface area contributed by atoms with E-state index in [4.69, 9.17) is 5.73 Å². The lowest BCUT2D eigenvalue weighted by Gasteiger charge is -2.14. The van der Waals surface area contributed by atoms with E-state index in [0.29, 0.717) is 12.6 Å². The molecule has 1 atom stereocenters. The quantitative estimate of drug-likeness (QED) is 0.740. The zero-order valence-electron chi connectivity index (χ0n) is 11.0. The number of nitrogens with one attached hydrogen (secondary N) is 2. The normalized spacial score (nSPS) is 11.9. The highest BCUT2D eigenvalue weighted by molar-refractivity contribution is 5.58. The van der Waals surface area contributed by atoms with Crippen molar-refractivity contribution in [3.63, 3.8) is 0 Å². The molecule has 1 unspecified atom stereocenters. The fraction of sp³-hybridized carbons (Fsp3) is 0.286. The maximum atomic E-state index is 5.53. The molecule has 5 heteroatoms. The largest absolute Gasteiger partial charge is 0.367 e. The van der Waals surface area contributed by atoms with Gasteiger partial charge in [0.1, 0.15) is 18.0 Å². The molecule has 4 N–H and O–H groups in total. The lowest BCUT2D eigenvalue weighted by molar-refractivity contribution is 0.713. The molecule has 0 aliphatic carbocycles. The minimum Gasteiger partial charge on any atom is -0.367 e. The van der Waals surface area contributed by atoms with Crippen LogP contribution in [-0.2, 0) is 0 Å². The number of anilines is 3. The summed E-state index contributed by atoms with van der Waals surface area (Å²) >= 11 is 0. The summed E-state index contributed by atoms with van der Waals surface area (Å²) in [4.78, 5) is 8.40. The molecular weight excluding hydrogens is 238 g/mol. The maximum Gasteiger partial charge on any atom is 0.135 e. The first-order valence-electron chi connectivity index (χ1n) is 6.38. The second kappa shape index (κ2) is 6.70. The van der Waals surface area contributed by atoms with E-state index in [1.54, 1.807) is 6.33 Å². The van der Waals surface area contributed by atoms with Gasteiger partial charge in [-0.1, -0.05) is 18.2 Å².